The van der Waals surface area contributed by atoms with Crippen LogP contribution in [0, 0.1) is 0 Å². The first-order valence-corrected chi connectivity index (χ1v) is 16.6. The molecule has 0 saturated carbocycles. The molecule has 2 N–H and O–H groups in total. The molecule has 0 aliphatic heterocycles. The van der Waals surface area contributed by atoms with Crippen LogP contribution in [0.15, 0.2) is 0 Å². The molecular formula is C33H61NO6. The summed E-state index contributed by atoms with van der Waals surface area (Å²) in [6.45, 7) is 4.44. The number of carboxylic acid groups (broad SMARTS) is 2. The van der Waals surface area contributed by atoms with Crippen molar-refractivity contribution in [2.75, 3.05) is 0 Å². The quantitative estimate of drug-likeness (QED) is 0.0872. The van der Waals surface area contributed by atoms with E-state index in [0.717, 1.165) is 43.4 Å². The Morgan fingerprint density at radius 1 is 0.475 bits per heavy atom. The molecule has 0 aromatic rings. The summed E-state index contributed by atoms with van der Waals surface area (Å²) in [5, 5.41) is 18.8. The first kappa shape index (κ1) is 38.1. The number of amides is 2. The Morgan fingerprint density at radius 2 is 0.775 bits per heavy atom. The lowest BCUT2D eigenvalue weighted by molar-refractivity contribution is -0.159. The van der Waals surface area contributed by atoms with Crippen molar-refractivity contribution in [3.05, 3.63) is 0 Å². The highest BCUT2D eigenvalue weighted by Gasteiger charge is 2.34. The summed E-state index contributed by atoms with van der Waals surface area (Å²) in [6.07, 6.45) is 24.7. The van der Waals surface area contributed by atoms with E-state index in [1.54, 1.807) is 0 Å². The molecule has 0 radical (unpaired) electrons. The molecule has 7 heteroatoms. The van der Waals surface area contributed by atoms with Crippen LogP contribution >= 0.6 is 0 Å². The van der Waals surface area contributed by atoms with Crippen molar-refractivity contribution < 1.29 is 29.4 Å². The van der Waals surface area contributed by atoms with Crippen molar-refractivity contribution in [1.82, 2.24) is 4.90 Å². The number of carbonyl (C=O) groups is 4. The maximum absolute atomic E-state index is 13.0. The molecule has 0 bridgehead atoms. The molecule has 234 valence electrons. The monoisotopic (exact) mass is 567 g/mol. The molecule has 2 amide bonds. The molecule has 0 spiro atoms. The average molecular weight is 568 g/mol. The van der Waals surface area contributed by atoms with Gasteiger partial charge < -0.3 is 10.2 Å². The maximum atomic E-state index is 13.0. The van der Waals surface area contributed by atoms with Crippen molar-refractivity contribution in [3.8, 4) is 0 Å². The van der Waals surface area contributed by atoms with Crippen molar-refractivity contribution in [3.63, 3.8) is 0 Å². The van der Waals surface area contributed by atoms with Gasteiger partial charge in [-0.2, -0.15) is 0 Å². The van der Waals surface area contributed by atoms with E-state index in [-0.39, 0.29) is 19.3 Å². The summed E-state index contributed by atoms with van der Waals surface area (Å²) in [5.74, 6) is -3.42. The van der Waals surface area contributed by atoms with Crippen LogP contribution in [0.4, 0.5) is 0 Å². The van der Waals surface area contributed by atoms with Gasteiger partial charge in [0.2, 0.25) is 11.8 Å². The van der Waals surface area contributed by atoms with Gasteiger partial charge in [0.15, 0.2) is 0 Å². The Labute approximate surface area is 244 Å². The summed E-state index contributed by atoms with van der Waals surface area (Å²) in [4.78, 5) is 50.0. The van der Waals surface area contributed by atoms with Crippen molar-refractivity contribution in [2.24, 2.45) is 0 Å². The Kier molecular flexibility index (Phi) is 26.0. The Morgan fingerprint density at radius 3 is 1.05 bits per heavy atom. The highest BCUT2D eigenvalue weighted by molar-refractivity contribution is 5.99. The predicted molar refractivity (Wildman–Crippen MR) is 162 cm³/mol. The number of imide groups is 1. The lowest BCUT2D eigenvalue weighted by Crippen LogP contribution is -2.48. The molecule has 0 unspecified atom stereocenters. The van der Waals surface area contributed by atoms with Gasteiger partial charge in [-0.1, -0.05) is 142 Å². The maximum Gasteiger partial charge on any atom is 0.326 e. The molecule has 1 atom stereocenters. The summed E-state index contributed by atoms with van der Waals surface area (Å²) >= 11 is 0. The molecular weight excluding hydrogens is 506 g/mol. The molecule has 0 fully saturated rings. The fourth-order valence-corrected chi connectivity index (χ4v) is 5.23. The molecule has 0 rings (SSSR count). The van der Waals surface area contributed by atoms with E-state index in [0.29, 0.717) is 12.8 Å². The third kappa shape index (κ3) is 21.8. The Hall–Kier alpha value is -1.92. The molecule has 0 saturated heterocycles. The van der Waals surface area contributed by atoms with E-state index in [9.17, 15) is 24.3 Å². The lowest BCUT2D eigenvalue weighted by atomic mass is 10.0. The van der Waals surface area contributed by atoms with Gasteiger partial charge in [0.25, 0.3) is 0 Å². The van der Waals surface area contributed by atoms with Crippen LogP contribution in [0.2, 0.25) is 0 Å². The number of unbranched alkanes of at least 4 members (excludes halogenated alkanes) is 20. The highest BCUT2D eigenvalue weighted by Crippen LogP contribution is 2.18. The van der Waals surface area contributed by atoms with Crippen LogP contribution in [0.3, 0.4) is 0 Å². The fraction of sp³-hybridized carbons (Fsp3) is 0.879. The summed E-state index contributed by atoms with van der Waals surface area (Å²) in [6, 6.07) is -1.42. The number of rotatable bonds is 29. The van der Waals surface area contributed by atoms with E-state index in [4.69, 9.17) is 5.11 Å². The van der Waals surface area contributed by atoms with Gasteiger partial charge in [0, 0.05) is 19.3 Å². The predicted octanol–water partition coefficient (Wildman–Crippen LogP) is 9.06. The van der Waals surface area contributed by atoms with Crippen LogP contribution in [-0.2, 0) is 19.2 Å². The highest BCUT2D eigenvalue weighted by atomic mass is 16.4. The van der Waals surface area contributed by atoms with Crippen LogP contribution in [0.1, 0.15) is 181 Å². The lowest BCUT2D eigenvalue weighted by Gasteiger charge is -2.27. The zero-order valence-corrected chi connectivity index (χ0v) is 25.9. The number of carbonyl (C=O) groups excluding carboxylic acids is 2. The molecule has 0 aliphatic carbocycles. The topological polar surface area (TPSA) is 112 Å². The van der Waals surface area contributed by atoms with Gasteiger partial charge in [-0.05, 0) is 19.3 Å². The second-order valence-electron chi connectivity index (χ2n) is 11.5. The third-order valence-electron chi connectivity index (χ3n) is 7.75. The van der Waals surface area contributed by atoms with E-state index >= 15 is 0 Å². The summed E-state index contributed by atoms with van der Waals surface area (Å²) < 4.78 is 0. The normalized spacial score (nSPS) is 11.8. The van der Waals surface area contributed by atoms with E-state index in [1.165, 1.54) is 89.9 Å². The molecule has 7 nitrogen and oxygen atoms in total. The fourth-order valence-electron chi connectivity index (χ4n) is 5.23. The molecule has 0 aliphatic rings. The minimum Gasteiger partial charge on any atom is -0.481 e. The van der Waals surface area contributed by atoms with E-state index in [1.807, 2.05) is 0 Å². The first-order valence-electron chi connectivity index (χ1n) is 16.6. The number of hydrogen-bond donors (Lipinski definition) is 2. The summed E-state index contributed by atoms with van der Waals surface area (Å²) in [5.41, 5.74) is 0. The zero-order valence-electron chi connectivity index (χ0n) is 25.9. The van der Waals surface area contributed by atoms with Gasteiger partial charge in [-0.15, -0.1) is 0 Å². The van der Waals surface area contributed by atoms with Crippen molar-refractivity contribution in [1.29, 1.82) is 0 Å². The Bertz CT molecular complexity index is 627. The average Bonchev–Trinajstić information content (AvgIpc) is 2.92. The number of hydrogen-bond acceptors (Lipinski definition) is 4. The molecule has 0 aromatic heterocycles. The molecule has 40 heavy (non-hydrogen) atoms. The van der Waals surface area contributed by atoms with Crippen LogP contribution in [-0.4, -0.2) is 44.9 Å². The minimum atomic E-state index is -1.42. The first-order chi connectivity index (χ1) is 19.3. The van der Waals surface area contributed by atoms with Gasteiger partial charge in [0.1, 0.15) is 6.04 Å². The van der Waals surface area contributed by atoms with Crippen molar-refractivity contribution >= 4 is 23.8 Å². The van der Waals surface area contributed by atoms with Crippen molar-refractivity contribution in [2.45, 2.75) is 187 Å². The van der Waals surface area contributed by atoms with E-state index in [2.05, 4.69) is 13.8 Å². The second-order valence-corrected chi connectivity index (χ2v) is 11.5. The van der Waals surface area contributed by atoms with E-state index < -0.39 is 36.2 Å². The largest absolute Gasteiger partial charge is 0.481 e. The number of aliphatic carboxylic acids is 2. The standard InChI is InChI=1S/C33H61NO6/c1-3-5-7-9-11-13-15-17-19-21-23-25-30(35)34(29(33(39)40)27-28-32(37)38)31(36)26-24-22-20-18-16-14-12-10-8-6-4-2/h29H,3-28H2,1-2H3,(H,37,38)(H,39,40)/t29-/m0/s1. The van der Waals surface area contributed by atoms with Gasteiger partial charge in [-0.25, -0.2) is 4.79 Å². The Balaban J connectivity index is 4.52. The second kappa shape index (κ2) is 27.3. The SMILES string of the molecule is CCCCCCCCCCCCCC(=O)N(C(=O)CCCCCCCCCCCCC)[C@@H](CCC(=O)O)C(=O)O. The van der Waals surface area contributed by atoms with Gasteiger partial charge >= 0.3 is 11.9 Å². The molecule has 0 heterocycles. The summed E-state index contributed by atoms with van der Waals surface area (Å²) in [7, 11) is 0. The third-order valence-corrected chi connectivity index (χ3v) is 7.75. The van der Waals surface area contributed by atoms with Crippen LogP contribution in [0.25, 0.3) is 0 Å². The number of nitrogens with zero attached hydrogens (tertiary/aromatic N) is 1. The zero-order chi connectivity index (χ0) is 29.8. The minimum absolute atomic E-state index is 0.123. The molecule has 0 aromatic carbocycles. The van der Waals surface area contributed by atoms with Gasteiger partial charge in [0.05, 0.1) is 0 Å². The van der Waals surface area contributed by atoms with Crippen LogP contribution in [0.5, 0.6) is 0 Å². The van der Waals surface area contributed by atoms with Gasteiger partial charge in [-0.3, -0.25) is 19.3 Å². The van der Waals surface area contributed by atoms with Crippen LogP contribution < -0.4 is 0 Å². The smallest absolute Gasteiger partial charge is 0.326 e. The number of carboxylic acids is 2.